The molecular formula is C14H16F3N3O. The van der Waals surface area contributed by atoms with Crippen molar-refractivity contribution in [2.75, 3.05) is 13.2 Å². The highest BCUT2D eigenvalue weighted by molar-refractivity contribution is 5.64. The maximum atomic E-state index is 13.1. The smallest absolute Gasteiger partial charge is 0.419 e. The second-order valence-electron chi connectivity index (χ2n) is 4.42. The van der Waals surface area contributed by atoms with Crippen molar-refractivity contribution in [3.8, 4) is 16.9 Å². The van der Waals surface area contributed by atoms with Crippen LogP contribution in [0.25, 0.3) is 11.1 Å². The van der Waals surface area contributed by atoms with Crippen LogP contribution in [0.1, 0.15) is 12.5 Å². The highest BCUT2D eigenvalue weighted by Crippen LogP contribution is 2.38. The standard InChI is InChI=1S/C14H16F3N3O/c1-2-21-13-4-3-10(7-12(13)14(15,16)17)11-8-19-20(9-11)6-5-18/h3-4,7-9H,2,5-6,18H2,1H3. The summed E-state index contributed by atoms with van der Waals surface area (Å²) in [5, 5.41) is 4.06. The second kappa shape index (κ2) is 6.17. The van der Waals surface area contributed by atoms with Gasteiger partial charge < -0.3 is 10.5 Å². The lowest BCUT2D eigenvalue weighted by Crippen LogP contribution is -2.09. The van der Waals surface area contributed by atoms with E-state index in [0.717, 1.165) is 6.07 Å². The van der Waals surface area contributed by atoms with Gasteiger partial charge in [0.05, 0.1) is 24.9 Å². The lowest BCUT2D eigenvalue weighted by Gasteiger charge is -2.14. The number of nitrogens with two attached hydrogens (primary N) is 1. The van der Waals surface area contributed by atoms with E-state index in [1.54, 1.807) is 23.9 Å². The first-order chi connectivity index (χ1) is 9.95. The van der Waals surface area contributed by atoms with Crippen molar-refractivity contribution in [2.24, 2.45) is 5.73 Å². The quantitative estimate of drug-likeness (QED) is 0.923. The minimum atomic E-state index is -4.46. The molecule has 1 heterocycles. The van der Waals surface area contributed by atoms with E-state index in [0.29, 0.717) is 24.2 Å². The molecule has 1 aromatic carbocycles. The lowest BCUT2D eigenvalue weighted by atomic mass is 10.0. The van der Waals surface area contributed by atoms with Crippen LogP contribution in [-0.2, 0) is 12.7 Å². The molecule has 0 fully saturated rings. The predicted molar refractivity (Wildman–Crippen MR) is 72.9 cm³/mol. The third-order valence-electron chi connectivity index (χ3n) is 2.91. The number of ether oxygens (including phenoxy) is 1. The van der Waals surface area contributed by atoms with E-state index in [1.165, 1.54) is 12.3 Å². The van der Waals surface area contributed by atoms with Crippen LogP contribution in [0.2, 0.25) is 0 Å². The summed E-state index contributed by atoms with van der Waals surface area (Å²) in [6, 6.07) is 4.00. The molecule has 0 saturated heterocycles. The van der Waals surface area contributed by atoms with E-state index in [1.807, 2.05) is 0 Å². The summed E-state index contributed by atoms with van der Waals surface area (Å²) >= 11 is 0. The summed E-state index contributed by atoms with van der Waals surface area (Å²) in [5.74, 6) is -0.164. The normalized spacial score (nSPS) is 11.7. The van der Waals surface area contributed by atoms with Gasteiger partial charge >= 0.3 is 6.18 Å². The number of benzene rings is 1. The van der Waals surface area contributed by atoms with E-state index in [2.05, 4.69) is 5.10 Å². The van der Waals surface area contributed by atoms with E-state index in [9.17, 15) is 13.2 Å². The van der Waals surface area contributed by atoms with E-state index in [-0.39, 0.29) is 12.4 Å². The van der Waals surface area contributed by atoms with E-state index >= 15 is 0 Å². The first-order valence-electron chi connectivity index (χ1n) is 6.52. The molecule has 0 radical (unpaired) electrons. The van der Waals surface area contributed by atoms with Crippen molar-refractivity contribution in [3.63, 3.8) is 0 Å². The van der Waals surface area contributed by atoms with Crippen molar-refractivity contribution >= 4 is 0 Å². The Balaban J connectivity index is 2.40. The Kier molecular flexibility index (Phi) is 4.52. The van der Waals surface area contributed by atoms with Gasteiger partial charge in [0, 0.05) is 18.3 Å². The average molecular weight is 299 g/mol. The first kappa shape index (κ1) is 15.4. The molecule has 0 amide bonds. The Bertz CT molecular complexity index is 608. The zero-order valence-corrected chi connectivity index (χ0v) is 11.5. The molecule has 0 unspecified atom stereocenters. The number of hydrogen-bond acceptors (Lipinski definition) is 3. The first-order valence-corrected chi connectivity index (χ1v) is 6.52. The summed E-state index contributed by atoms with van der Waals surface area (Å²) in [4.78, 5) is 0. The van der Waals surface area contributed by atoms with Crippen molar-refractivity contribution in [3.05, 3.63) is 36.2 Å². The zero-order valence-electron chi connectivity index (χ0n) is 11.5. The molecule has 2 aromatic rings. The van der Waals surface area contributed by atoms with Crippen LogP contribution in [-0.4, -0.2) is 22.9 Å². The maximum absolute atomic E-state index is 13.1. The monoisotopic (exact) mass is 299 g/mol. The summed E-state index contributed by atoms with van der Waals surface area (Å²) < 4.78 is 45.9. The molecule has 0 aliphatic rings. The topological polar surface area (TPSA) is 53.1 Å². The van der Waals surface area contributed by atoms with Crippen molar-refractivity contribution < 1.29 is 17.9 Å². The van der Waals surface area contributed by atoms with Gasteiger partial charge in [-0.3, -0.25) is 4.68 Å². The number of halogens is 3. The molecule has 2 N–H and O–H groups in total. The van der Waals surface area contributed by atoms with Gasteiger partial charge in [0.2, 0.25) is 0 Å². The SMILES string of the molecule is CCOc1ccc(-c2cnn(CCN)c2)cc1C(F)(F)F. The van der Waals surface area contributed by atoms with Crippen LogP contribution < -0.4 is 10.5 Å². The molecule has 0 spiro atoms. The van der Waals surface area contributed by atoms with E-state index < -0.39 is 11.7 Å². The fourth-order valence-electron chi connectivity index (χ4n) is 1.98. The fourth-order valence-corrected chi connectivity index (χ4v) is 1.98. The van der Waals surface area contributed by atoms with Crippen molar-refractivity contribution in [1.29, 1.82) is 0 Å². The Labute approximate surface area is 120 Å². The largest absolute Gasteiger partial charge is 0.493 e. The van der Waals surface area contributed by atoms with Crippen LogP contribution in [0.15, 0.2) is 30.6 Å². The molecule has 2 rings (SSSR count). The minimum absolute atomic E-state index is 0.164. The Hall–Kier alpha value is -2.02. The zero-order chi connectivity index (χ0) is 15.5. The van der Waals surface area contributed by atoms with Gasteiger partial charge in [-0.15, -0.1) is 0 Å². The number of rotatable bonds is 5. The average Bonchev–Trinajstić information content (AvgIpc) is 2.87. The van der Waals surface area contributed by atoms with Gasteiger partial charge in [-0.1, -0.05) is 6.07 Å². The highest BCUT2D eigenvalue weighted by Gasteiger charge is 2.34. The number of nitrogens with zero attached hydrogens (tertiary/aromatic N) is 2. The van der Waals surface area contributed by atoms with Gasteiger partial charge in [-0.2, -0.15) is 18.3 Å². The van der Waals surface area contributed by atoms with E-state index in [4.69, 9.17) is 10.5 Å². The Morgan fingerprint density at radius 2 is 2.05 bits per heavy atom. The second-order valence-corrected chi connectivity index (χ2v) is 4.42. The van der Waals surface area contributed by atoms with Crippen LogP contribution in [0, 0.1) is 0 Å². The van der Waals surface area contributed by atoms with Crippen LogP contribution >= 0.6 is 0 Å². The molecule has 0 aliphatic carbocycles. The lowest BCUT2D eigenvalue weighted by molar-refractivity contribution is -0.138. The summed E-state index contributed by atoms with van der Waals surface area (Å²) in [6.45, 7) is 2.75. The predicted octanol–water partition coefficient (Wildman–Crippen LogP) is 2.93. The summed E-state index contributed by atoms with van der Waals surface area (Å²) in [6.07, 6.45) is -1.28. The third-order valence-corrected chi connectivity index (χ3v) is 2.91. The molecule has 7 heteroatoms. The molecule has 114 valence electrons. The Morgan fingerprint density at radius 3 is 2.67 bits per heavy atom. The third kappa shape index (κ3) is 3.55. The van der Waals surface area contributed by atoms with Crippen LogP contribution in [0.3, 0.4) is 0 Å². The van der Waals surface area contributed by atoms with Gasteiger partial charge in [-0.25, -0.2) is 0 Å². The molecule has 1 aromatic heterocycles. The highest BCUT2D eigenvalue weighted by atomic mass is 19.4. The van der Waals surface area contributed by atoms with Gasteiger partial charge in [0.15, 0.2) is 0 Å². The van der Waals surface area contributed by atoms with Crippen LogP contribution in [0.4, 0.5) is 13.2 Å². The molecule has 0 saturated carbocycles. The summed E-state index contributed by atoms with van der Waals surface area (Å²) in [5.41, 5.74) is 5.68. The number of hydrogen-bond donors (Lipinski definition) is 1. The molecule has 4 nitrogen and oxygen atoms in total. The molecular weight excluding hydrogens is 283 g/mol. The van der Waals surface area contributed by atoms with Gasteiger partial charge in [0.1, 0.15) is 5.75 Å². The fraction of sp³-hybridized carbons (Fsp3) is 0.357. The van der Waals surface area contributed by atoms with Crippen LogP contribution in [0.5, 0.6) is 5.75 Å². The number of aromatic nitrogens is 2. The van der Waals surface area contributed by atoms with Crippen molar-refractivity contribution in [1.82, 2.24) is 9.78 Å². The maximum Gasteiger partial charge on any atom is 0.419 e. The molecule has 0 aliphatic heterocycles. The van der Waals surface area contributed by atoms with Gasteiger partial charge in [0.25, 0.3) is 0 Å². The minimum Gasteiger partial charge on any atom is -0.493 e. The number of alkyl halides is 3. The van der Waals surface area contributed by atoms with Gasteiger partial charge in [-0.05, 0) is 24.6 Å². The Morgan fingerprint density at radius 1 is 1.29 bits per heavy atom. The summed E-state index contributed by atoms with van der Waals surface area (Å²) in [7, 11) is 0. The molecule has 0 bridgehead atoms. The van der Waals surface area contributed by atoms with Crippen molar-refractivity contribution in [2.45, 2.75) is 19.6 Å². The molecule has 0 atom stereocenters. The molecule has 21 heavy (non-hydrogen) atoms.